The summed E-state index contributed by atoms with van der Waals surface area (Å²) in [7, 11) is 0. The number of fused-ring (bicyclic) bond motifs is 24. The predicted molar refractivity (Wildman–Crippen MR) is 313 cm³/mol. The van der Waals surface area contributed by atoms with Crippen LogP contribution >= 0.6 is 0 Å². The third-order valence-corrected chi connectivity index (χ3v) is 18.2. The fourth-order valence-corrected chi connectivity index (χ4v) is 15.5. The minimum absolute atomic E-state index is 0.574. The van der Waals surface area contributed by atoms with Crippen LogP contribution in [0.15, 0.2) is 267 Å². The molecule has 0 saturated heterocycles. The van der Waals surface area contributed by atoms with Crippen molar-refractivity contribution in [3.05, 3.63) is 334 Å². The van der Waals surface area contributed by atoms with Crippen LogP contribution in [-0.4, -0.2) is 0 Å². The second-order valence-electron chi connectivity index (χ2n) is 21.6. The molecule has 12 aromatic carbocycles. The molecule has 12 aromatic rings. The van der Waals surface area contributed by atoms with Gasteiger partial charge < -0.3 is 0 Å². The number of hydrogen-bond acceptors (Lipinski definition) is 0. The van der Waals surface area contributed by atoms with Crippen molar-refractivity contribution in [1.82, 2.24) is 0 Å². The molecule has 0 heteroatoms. The minimum Gasteiger partial charge on any atom is -0.0622 e. The van der Waals surface area contributed by atoms with E-state index in [4.69, 9.17) is 0 Å². The Morgan fingerprint density at radius 2 is 0.461 bits per heavy atom. The molecule has 0 bridgehead atoms. The lowest BCUT2D eigenvalue weighted by atomic mass is 9.66. The van der Waals surface area contributed by atoms with Crippen LogP contribution in [0.3, 0.4) is 0 Å². The summed E-state index contributed by atoms with van der Waals surface area (Å²) in [6, 6.07) is 102. The topological polar surface area (TPSA) is 0 Å². The minimum atomic E-state index is -0.574. The number of benzene rings is 12. The molecule has 0 spiro atoms. The highest BCUT2D eigenvalue weighted by Crippen LogP contribution is 2.67. The second kappa shape index (κ2) is 15.6. The Hall–Kier alpha value is -9.36. The highest BCUT2D eigenvalue weighted by molar-refractivity contribution is 6.18. The molecule has 0 aromatic heterocycles. The molecule has 0 N–H and O–H groups in total. The molecular weight excluding hydrogens is 913 g/mol. The zero-order valence-corrected chi connectivity index (χ0v) is 41.8. The molecule has 0 radical (unpaired) electrons. The summed E-state index contributed by atoms with van der Waals surface area (Å²) in [5, 5.41) is 0. The average molecular weight is 961 g/mol. The highest BCUT2D eigenvalue weighted by Gasteiger charge is 2.51. The Morgan fingerprint density at radius 1 is 0.171 bits per heavy atom. The SMILES string of the molecule is c1ccc(C2(c3ccccc3)c3ccccc3-c3c2ccc2c3-c3c(ccc4c3-c3ccccc3C4)-c3ccc4c(c3-c3c-2ccc2c3-c3ccccc3C2(c2ccccc2)c2ccccc2)-c2ccccc2C4)cc1. The largest absolute Gasteiger partial charge is 0.0713 e. The van der Waals surface area contributed by atoms with Gasteiger partial charge in [-0.15, -0.1) is 0 Å². The van der Waals surface area contributed by atoms with E-state index in [9.17, 15) is 0 Å². The van der Waals surface area contributed by atoms with Gasteiger partial charge in [0.25, 0.3) is 0 Å². The Morgan fingerprint density at radius 3 is 0.829 bits per heavy atom. The van der Waals surface area contributed by atoms with Gasteiger partial charge in [0.2, 0.25) is 0 Å². The van der Waals surface area contributed by atoms with Crippen LogP contribution in [-0.2, 0) is 23.7 Å². The molecule has 0 fully saturated rings. The van der Waals surface area contributed by atoms with Gasteiger partial charge in [-0.2, -0.15) is 0 Å². The third-order valence-electron chi connectivity index (χ3n) is 18.2. The van der Waals surface area contributed by atoms with E-state index >= 15 is 0 Å². The van der Waals surface area contributed by atoms with Crippen LogP contribution in [0.2, 0.25) is 0 Å². The van der Waals surface area contributed by atoms with Crippen molar-refractivity contribution >= 4 is 0 Å². The van der Waals surface area contributed by atoms with Crippen molar-refractivity contribution in [2.75, 3.05) is 0 Å². The fraction of sp³-hybridized carbons (Fsp3) is 0.0526. The quantitative estimate of drug-likeness (QED) is 0.165. The monoisotopic (exact) mass is 960 g/mol. The van der Waals surface area contributed by atoms with E-state index in [2.05, 4.69) is 267 Å². The highest BCUT2D eigenvalue weighted by atomic mass is 14.5. The van der Waals surface area contributed by atoms with E-state index in [1.54, 1.807) is 0 Å². The maximum absolute atomic E-state index is 2.54. The smallest absolute Gasteiger partial charge is 0.0622 e. The van der Waals surface area contributed by atoms with Crippen LogP contribution < -0.4 is 0 Å². The van der Waals surface area contributed by atoms with E-state index in [-0.39, 0.29) is 0 Å². The van der Waals surface area contributed by atoms with Crippen LogP contribution in [0.5, 0.6) is 0 Å². The Kier molecular flexibility index (Phi) is 8.62. The molecular formula is C76H48. The molecule has 17 rings (SSSR count). The van der Waals surface area contributed by atoms with Crippen molar-refractivity contribution < 1.29 is 0 Å². The van der Waals surface area contributed by atoms with E-state index in [1.807, 2.05) is 0 Å². The van der Waals surface area contributed by atoms with Crippen molar-refractivity contribution in [3.63, 3.8) is 0 Å². The first-order valence-corrected chi connectivity index (χ1v) is 27.0. The van der Waals surface area contributed by atoms with Gasteiger partial charge in [-0.05, 0) is 169 Å². The van der Waals surface area contributed by atoms with Gasteiger partial charge in [0.1, 0.15) is 0 Å². The Balaban J connectivity index is 1.11. The van der Waals surface area contributed by atoms with Gasteiger partial charge in [0, 0.05) is 0 Å². The lowest BCUT2D eigenvalue weighted by molar-refractivity contribution is 0.768. The van der Waals surface area contributed by atoms with Crippen molar-refractivity contribution in [3.8, 4) is 89.0 Å². The van der Waals surface area contributed by atoms with Crippen LogP contribution in [0, 0.1) is 0 Å². The molecule has 5 aliphatic carbocycles. The molecule has 0 amide bonds. The molecule has 0 aliphatic heterocycles. The fourth-order valence-electron chi connectivity index (χ4n) is 15.5. The zero-order valence-electron chi connectivity index (χ0n) is 41.8. The summed E-state index contributed by atoms with van der Waals surface area (Å²) < 4.78 is 0. The van der Waals surface area contributed by atoms with E-state index in [1.165, 1.54) is 156 Å². The van der Waals surface area contributed by atoms with Gasteiger partial charge in [-0.1, -0.05) is 267 Å². The summed E-state index contributed by atoms with van der Waals surface area (Å²) in [6.45, 7) is 0. The lowest BCUT2D eigenvalue weighted by Crippen LogP contribution is -2.28. The Labute approximate surface area is 443 Å². The first kappa shape index (κ1) is 42.0. The predicted octanol–water partition coefficient (Wildman–Crippen LogP) is 18.5. The average Bonchev–Trinajstić information content (AvgIpc) is 4.25. The molecule has 0 unspecified atom stereocenters. The van der Waals surface area contributed by atoms with Gasteiger partial charge in [-0.25, -0.2) is 0 Å². The molecule has 0 nitrogen and oxygen atoms in total. The molecule has 0 heterocycles. The summed E-state index contributed by atoms with van der Waals surface area (Å²) in [4.78, 5) is 0. The van der Waals surface area contributed by atoms with Crippen LogP contribution in [0.1, 0.15) is 66.8 Å². The van der Waals surface area contributed by atoms with Crippen molar-refractivity contribution in [2.24, 2.45) is 0 Å². The molecule has 0 atom stereocenters. The zero-order chi connectivity index (χ0) is 49.7. The van der Waals surface area contributed by atoms with Gasteiger partial charge >= 0.3 is 0 Å². The molecule has 5 aliphatic rings. The van der Waals surface area contributed by atoms with E-state index in [0.717, 1.165) is 12.8 Å². The summed E-state index contributed by atoms with van der Waals surface area (Å²) >= 11 is 0. The summed E-state index contributed by atoms with van der Waals surface area (Å²) in [6.07, 6.45) is 1.81. The first-order valence-electron chi connectivity index (χ1n) is 27.0. The maximum atomic E-state index is 2.54. The van der Waals surface area contributed by atoms with Crippen LogP contribution in [0.25, 0.3) is 89.0 Å². The molecule has 76 heavy (non-hydrogen) atoms. The van der Waals surface area contributed by atoms with Gasteiger partial charge in [-0.3, -0.25) is 0 Å². The van der Waals surface area contributed by atoms with E-state index < -0.39 is 10.8 Å². The van der Waals surface area contributed by atoms with Gasteiger partial charge in [0.05, 0.1) is 10.8 Å². The molecule has 352 valence electrons. The van der Waals surface area contributed by atoms with E-state index in [0.29, 0.717) is 0 Å². The first-order chi connectivity index (χ1) is 37.7. The van der Waals surface area contributed by atoms with Crippen molar-refractivity contribution in [2.45, 2.75) is 23.7 Å². The Bertz CT molecular complexity index is 4060. The molecule has 0 saturated carbocycles. The van der Waals surface area contributed by atoms with Crippen molar-refractivity contribution in [1.29, 1.82) is 0 Å². The number of hydrogen-bond donors (Lipinski definition) is 0. The number of rotatable bonds is 4. The second-order valence-corrected chi connectivity index (χ2v) is 21.6. The summed E-state index contributed by atoms with van der Waals surface area (Å²) in [5.74, 6) is 0. The lowest BCUT2D eigenvalue weighted by Gasteiger charge is -2.35. The maximum Gasteiger partial charge on any atom is 0.0713 e. The third kappa shape index (κ3) is 5.28. The van der Waals surface area contributed by atoms with Crippen LogP contribution in [0.4, 0.5) is 0 Å². The van der Waals surface area contributed by atoms with Gasteiger partial charge in [0.15, 0.2) is 0 Å². The summed E-state index contributed by atoms with van der Waals surface area (Å²) in [5.41, 5.74) is 35.9. The standard InChI is InChI=1S/C76H48/c1-5-23-51(24-6-1)75(52-25-7-2-8-26-52)63-35-19-17-33-61(63)69-65(75)43-41-59-60-42-44-66-70(62-34-18-20-36-64(62)76(66,53-27-9-3-10-28-53)54-29-11-4-12-30-54)74(60)72-58(40-38-50-46-48-22-14-16-32-56(48)68(50)72)57-39-37-49-45-47-21-13-15-31-55(47)67(49)71(57)73(59)69/h1-44H,45-46H2. The normalized spacial score (nSPS) is 14.4.